The molecule has 0 atom stereocenters. The number of hydrogen-bond donors (Lipinski definition) is 2. The molecule has 0 aliphatic rings. The molecule has 0 fully saturated rings. The Kier molecular flexibility index (Phi) is 7.13. The Morgan fingerprint density at radius 3 is 2.29 bits per heavy atom. The van der Waals surface area contributed by atoms with Crippen molar-refractivity contribution in [3.05, 3.63) is 0 Å². The summed E-state index contributed by atoms with van der Waals surface area (Å²) in [5.74, 6) is 0.742. The first kappa shape index (κ1) is 13.9. The molecular weight excluding hydrogens is 200 g/mol. The highest BCUT2D eigenvalue weighted by atomic mass is 32.2. The second-order valence-electron chi connectivity index (χ2n) is 3.95. The molecule has 0 bridgehead atoms. The smallest absolute Gasteiger partial charge is 0.208 e. The molecule has 0 saturated carbocycles. The predicted octanol–water partition coefficient (Wildman–Crippen LogP) is 0.561. The fourth-order valence-corrected chi connectivity index (χ4v) is 1.56. The summed E-state index contributed by atoms with van der Waals surface area (Å²) in [5, 5.41) is 3.19. The first-order valence-corrected chi connectivity index (χ1v) is 6.96. The van der Waals surface area contributed by atoms with E-state index in [0.717, 1.165) is 18.9 Å². The van der Waals surface area contributed by atoms with Gasteiger partial charge in [-0.1, -0.05) is 13.8 Å². The molecule has 0 radical (unpaired) electrons. The maximum Gasteiger partial charge on any atom is 0.208 e. The normalized spacial score (nSPS) is 12.3. The van der Waals surface area contributed by atoms with E-state index in [4.69, 9.17) is 0 Å². The first-order valence-electron chi connectivity index (χ1n) is 5.07. The lowest BCUT2D eigenvalue weighted by atomic mass is 10.1. The quantitative estimate of drug-likeness (QED) is 0.590. The van der Waals surface area contributed by atoms with Crippen molar-refractivity contribution in [1.82, 2.24) is 10.0 Å². The van der Waals surface area contributed by atoms with Gasteiger partial charge in [0.1, 0.15) is 0 Å². The predicted molar refractivity (Wildman–Crippen MR) is 59.8 cm³/mol. The maximum absolute atomic E-state index is 10.7. The van der Waals surface area contributed by atoms with Crippen molar-refractivity contribution in [3.63, 3.8) is 0 Å². The van der Waals surface area contributed by atoms with E-state index >= 15 is 0 Å². The zero-order chi connectivity index (χ0) is 11.0. The standard InChI is InChI=1S/C9H22N2O2S/c1-9(2)5-4-6-10-7-8-11-14(3,12)13/h9-11H,4-8H2,1-3H3. The van der Waals surface area contributed by atoms with Gasteiger partial charge in [-0.2, -0.15) is 0 Å². The van der Waals surface area contributed by atoms with Gasteiger partial charge >= 0.3 is 0 Å². The third-order valence-electron chi connectivity index (χ3n) is 1.80. The minimum atomic E-state index is -3.02. The molecule has 0 aromatic heterocycles. The van der Waals surface area contributed by atoms with Crippen LogP contribution in [0.2, 0.25) is 0 Å². The van der Waals surface area contributed by atoms with Crippen LogP contribution in [0, 0.1) is 5.92 Å². The number of hydrogen-bond acceptors (Lipinski definition) is 3. The molecule has 0 amide bonds. The Morgan fingerprint density at radius 1 is 1.14 bits per heavy atom. The van der Waals surface area contributed by atoms with E-state index in [2.05, 4.69) is 23.9 Å². The van der Waals surface area contributed by atoms with E-state index in [9.17, 15) is 8.42 Å². The van der Waals surface area contributed by atoms with Gasteiger partial charge in [0, 0.05) is 13.1 Å². The molecule has 4 nitrogen and oxygen atoms in total. The topological polar surface area (TPSA) is 58.2 Å². The van der Waals surface area contributed by atoms with Gasteiger partial charge in [0.2, 0.25) is 10.0 Å². The number of rotatable bonds is 8. The highest BCUT2D eigenvalue weighted by Crippen LogP contribution is 2.01. The Labute approximate surface area is 87.5 Å². The van der Waals surface area contributed by atoms with Gasteiger partial charge < -0.3 is 5.32 Å². The van der Waals surface area contributed by atoms with E-state index < -0.39 is 10.0 Å². The molecule has 5 heteroatoms. The third-order valence-corrected chi connectivity index (χ3v) is 2.53. The van der Waals surface area contributed by atoms with Crippen LogP contribution in [0.15, 0.2) is 0 Å². The van der Waals surface area contributed by atoms with Gasteiger partial charge in [-0.15, -0.1) is 0 Å². The zero-order valence-corrected chi connectivity index (χ0v) is 10.2. The summed E-state index contributed by atoms with van der Waals surface area (Å²) in [5.41, 5.74) is 0. The van der Waals surface area contributed by atoms with Crippen molar-refractivity contribution in [2.24, 2.45) is 5.92 Å². The van der Waals surface area contributed by atoms with Gasteiger partial charge in [-0.05, 0) is 25.3 Å². The fraction of sp³-hybridized carbons (Fsp3) is 1.00. The summed E-state index contributed by atoms with van der Waals surface area (Å²) in [7, 11) is -3.02. The third kappa shape index (κ3) is 11.9. The molecule has 14 heavy (non-hydrogen) atoms. The molecule has 0 heterocycles. The van der Waals surface area contributed by atoms with E-state index in [0.29, 0.717) is 13.1 Å². The fourth-order valence-electron chi connectivity index (χ4n) is 1.09. The zero-order valence-electron chi connectivity index (χ0n) is 9.34. The monoisotopic (exact) mass is 222 g/mol. The van der Waals surface area contributed by atoms with E-state index in [1.54, 1.807) is 0 Å². The highest BCUT2D eigenvalue weighted by molar-refractivity contribution is 7.88. The molecule has 0 unspecified atom stereocenters. The molecule has 0 saturated heterocycles. The number of sulfonamides is 1. The van der Waals surface area contributed by atoms with Gasteiger partial charge in [-0.3, -0.25) is 0 Å². The lowest BCUT2D eigenvalue weighted by molar-refractivity contribution is 0.526. The van der Waals surface area contributed by atoms with E-state index in [1.165, 1.54) is 12.7 Å². The Hall–Kier alpha value is -0.130. The van der Waals surface area contributed by atoms with Gasteiger partial charge in [0.15, 0.2) is 0 Å². The van der Waals surface area contributed by atoms with Crippen LogP contribution in [-0.4, -0.2) is 34.3 Å². The van der Waals surface area contributed by atoms with Crippen LogP contribution in [0.3, 0.4) is 0 Å². The highest BCUT2D eigenvalue weighted by Gasteiger charge is 1.98. The van der Waals surface area contributed by atoms with Crippen LogP contribution >= 0.6 is 0 Å². The molecule has 2 N–H and O–H groups in total. The SMILES string of the molecule is CC(C)CCCNCCNS(C)(=O)=O. The lowest BCUT2D eigenvalue weighted by Gasteiger charge is -2.06. The first-order chi connectivity index (χ1) is 6.42. The molecule has 0 rings (SSSR count). The van der Waals surface area contributed by atoms with Crippen LogP contribution in [0.1, 0.15) is 26.7 Å². The van der Waals surface area contributed by atoms with Crippen molar-refractivity contribution >= 4 is 10.0 Å². The second-order valence-corrected chi connectivity index (χ2v) is 5.79. The summed E-state index contributed by atoms with van der Waals surface area (Å²) in [6.45, 7) is 6.53. The van der Waals surface area contributed by atoms with Crippen LogP contribution in [0.25, 0.3) is 0 Å². The molecule has 0 aliphatic carbocycles. The van der Waals surface area contributed by atoms with Crippen LogP contribution in [-0.2, 0) is 10.0 Å². The van der Waals surface area contributed by atoms with E-state index in [-0.39, 0.29) is 0 Å². The largest absolute Gasteiger partial charge is 0.315 e. The van der Waals surface area contributed by atoms with Crippen LogP contribution < -0.4 is 10.0 Å². The van der Waals surface area contributed by atoms with Crippen molar-refractivity contribution in [1.29, 1.82) is 0 Å². The van der Waals surface area contributed by atoms with Gasteiger partial charge in [0.25, 0.3) is 0 Å². The molecule has 0 aromatic rings. The van der Waals surface area contributed by atoms with Crippen molar-refractivity contribution in [3.8, 4) is 0 Å². The Morgan fingerprint density at radius 2 is 1.79 bits per heavy atom. The Bertz CT molecular complexity index is 225. The molecular formula is C9H22N2O2S. The van der Waals surface area contributed by atoms with Gasteiger partial charge in [-0.25, -0.2) is 13.1 Å². The van der Waals surface area contributed by atoms with Crippen molar-refractivity contribution < 1.29 is 8.42 Å². The van der Waals surface area contributed by atoms with Crippen LogP contribution in [0.4, 0.5) is 0 Å². The second kappa shape index (κ2) is 7.20. The lowest BCUT2D eigenvalue weighted by Crippen LogP contribution is -2.31. The molecule has 86 valence electrons. The summed E-state index contributed by atoms with van der Waals surface area (Å²) in [6, 6.07) is 0. The summed E-state index contributed by atoms with van der Waals surface area (Å²) in [6.07, 6.45) is 3.54. The summed E-state index contributed by atoms with van der Waals surface area (Å²) >= 11 is 0. The summed E-state index contributed by atoms with van der Waals surface area (Å²) in [4.78, 5) is 0. The summed E-state index contributed by atoms with van der Waals surface area (Å²) < 4.78 is 23.8. The molecule has 0 spiro atoms. The van der Waals surface area contributed by atoms with E-state index in [1.807, 2.05) is 0 Å². The minimum absolute atomic E-state index is 0.473. The van der Waals surface area contributed by atoms with Crippen molar-refractivity contribution in [2.75, 3.05) is 25.9 Å². The average molecular weight is 222 g/mol. The molecule has 0 aliphatic heterocycles. The maximum atomic E-state index is 10.7. The van der Waals surface area contributed by atoms with Crippen molar-refractivity contribution in [2.45, 2.75) is 26.7 Å². The average Bonchev–Trinajstić information content (AvgIpc) is 2.00. The van der Waals surface area contributed by atoms with Crippen LogP contribution in [0.5, 0.6) is 0 Å². The Balaban J connectivity index is 3.15. The number of nitrogens with one attached hydrogen (secondary N) is 2. The molecule has 0 aromatic carbocycles. The minimum Gasteiger partial charge on any atom is -0.315 e. The van der Waals surface area contributed by atoms with Gasteiger partial charge in [0.05, 0.1) is 6.26 Å².